The zero-order chi connectivity index (χ0) is 21.1. The van der Waals surface area contributed by atoms with Crippen molar-refractivity contribution < 1.29 is 23.9 Å². The highest BCUT2D eigenvalue weighted by molar-refractivity contribution is 5.94. The van der Waals surface area contributed by atoms with Crippen LogP contribution in [0.3, 0.4) is 0 Å². The number of ether oxygens (including phenoxy) is 2. The van der Waals surface area contributed by atoms with Crippen LogP contribution in [-0.4, -0.2) is 48.5 Å². The Bertz CT molecular complexity index is 824. The summed E-state index contributed by atoms with van der Waals surface area (Å²) in [5, 5.41) is 2.86. The Kier molecular flexibility index (Phi) is 6.25. The van der Waals surface area contributed by atoms with Gasteiger partial charge in [0, 0.05) is 24.6 Å². The maximum atomic E-state index is 13.0. The molecule has 7 heteroatoms. The van der Waals surface area contributed by atoms with E-state index in [0.717, 1.165) is 42.7 Å². The van der Waals surface area contributed by atoms with Crippen LogP contribution in [0.25, 0.3) is 0 Å². The summed E-state index contributed by atoms with van der Waals surface area (Å²) in [5.41, 5.74) is 1.92. The molecule has 1 aromatic rings. The molecule has 3 atom stereocenters. The fraction of sp³-hybridized carbons (Fsp3) is 0.609. The van der Waals surface area contributed by atoms with Crippen LogP contribution in [0.15, 0.2) is 18.2 Å². The molecule has 2 fully saturated rings. The van der Waals surface area contributed by atoms with Gasteiger partial charge in [-0.05, 0) is 61.8 Å². The van der Waals surface area contributed by atoms with Gasteiger partial charge in [0.05, 0.1) is 13.7 Å². The summed E-state index contributed by atoms with van der Waals surface area (Å²) in [6.07, 6.45) is 7.23. The number of amides is 2. The van der Waals surface area contributed by atoms with Gasteiger partial charge in [-0.25, -0.2) is 4.79 Å². The van der Waals surface area contributed by atoms with Crippen LogP contribution in [0.1, 0.15) is 56.9 Å². The first kappa shape index (κ1) is 20.7. The SMILES string of the molecule is COC(=O)C1CC2CCCCC2N1C(=O)CCCOc1ccc2c(c1)CCC(=O)N2. The third-order valence-corrected chi connectivity index (χ3v) is 6.63. The van der Waals surface area contributed by atoms with Crippen molar-refractivity contribution in [1.82, 2.24) is 4.90 Å². The molecular weight excluding hydrogens is 384 g/mol. The number of carbonyl (C=O) groups excluding carboxylic acids is 3. The predicted molar refractivity (Wildman–Crippen MR) is 111 cm³/mol. The molecule has 4 rings (SSSR count). The van der Waals surface area contributed by atoms with Gasteiger partial charge in [-0.2, -0.15) is 0 Å². The van der Waals surface area contributed by atoms with E-state index in [1.54, 1.807) is 0 Å². The lowest BCUT2D eigenvalue weighted by molar-refractivity contribution is -0.152. The number of nitrogens with one attached hydrogen (secondary N) is 1. The van der Waals surface area contributed by atoms with Gasteiger partial charge in [0.15, 0.2) is 0 Å². The first-order chi connectivity index (χ1) is 14.6. The van der Waals surface area contributed by atoms with Crippen LogP contribution < -0.4 is 10.1 Å². The van der Waals surface area contributed by atoms with Crippen molar-refractivity contribution in [2.24, 2.45) is 5.92 Å². The molecule has 3 unspecified atom stereocenters. The number of nitrogens with zero attached hydrogens (tertiary/aromatic N) is 1. The first-order valence-corrected chi connectivity index (χ1v) is 11.0. The van der Waals surface area contributed by atoms with E-state index in [1.807, 2.05) is 23.1 Å². The van der Waals surface area contributed by atoms with Gasteiger partial charge in [-0.1, -0.05) is 12.8 Å². The van der Waals surface area contributed by atoms with Gasteiger partial charge in [0.25, 0.3) is 0 Å². The lowest BCUT2D eigenvalue weighted by atomic mass is 9.84. The maximum Gasteiger partial charge on any atom is 0.328 e. The molecule has 0 spiro atoms. The molecule has 0 radical (unpaired) electrons. The average Bonchev–Trinajstić information content (AvgIpc) is 3.15. The fourth-order valence-electron chi connectivity index (χ4n) is 5.16. The van der Waals surface area contributed by atoms with Gasteiger partial charge in [-0.3, -0.25) is 9.59 Å². The number of fused-ring (bicyclic) bond motifs is 2. The Morgan fingerprint density at radius 1 is 1.20 bits per heavy atom. The van der Waals surface area contributed by atoms with Crippen molar-refractivity contribution in [3.8, 4) is 5.75 Å². The van der Waals surface area contributed by atoms with E-state index < -0.39 is 6.04 Å². The largest absolute Gasteiger partial charge is 0.494 e. The summed E-state index contributed by atoms with van der Waals surface area (Å²) < 4.78 is 10.8. The average molecular weight is 415 g/mol. The Labute approximate surface area is 177 Å². The van der Waals surface area contributed by atoms with E-state index in [1.165, 1.54) is 13.5 Å². The Morgan fingerprint density at radius 3 is 2.87 bits per heavy atom. The normalized spacial score (nSPS) is 25.2. The molecule has 1 N–H and O–H groups in total. The maximum absolute atomic E-state index is 13.0. The molecule has 30 heavy (non-hydrogen) atoms. The van der Waals surface area contributed by atoms with Gasteiger partial charge >= 0.3 is 5.97 Å². The van der Waals surface area contributed by atoms with Crippen LogP contribution in [0, 0.1) is 5.92 Å². The molecule has 2 amide bonds. The lowest BCUT2D eigenvalue weighted by Crippen LogP contribution is -2.46. The van der Waals surface area contributed by atoms with E-state index in [2.05, 4.69) is 5.32 Å². The quantitative estimate of drug-likeness (QED) is 0.571. The minimum atomic E-state index is -0.438. The van der Waals surface area contributed by atoms with Crippen molar-refractivity contribution in [3.05, 3.63) is 23.8 Å². The van der Waals surface area contributed by atoms with Crippen molar-refractivity contribution in [2.45, 2.75) is 69.9 Å². The van der Waals surface area contributed by atoms with E-state index in [4.69, 9.17) is 9.47 Å². The Morgan fingerprint density at radius 2 is 2.03 bits per heavy atom. The molecule has 0 aromatic heterocycles. The lowest BCUT2D eigenvalue weighted by Gasteiger charge is -2.33. The predicted octanol–water partition coefficient (Wildman–Crippen LogP) is 3.06. The summed E-state index contributed by atoms with van der Waals surface area (Å²) in [7, 11) is 1.39. The molecule has 2 heterocycles. The topological polar surface area (TPSA) is 84.9 Å². The minimum Gasteiger partial charge on any atom is -0.494 e. The van der Waals surface area contributed by atoms with Crippen molar-refractivity contribution in [2.75, 3.05) is 19.0 Å². The zero-order valence-corrected chi connectivity index (χ0v) is 17.5. The number of aryl methyl sites for hydroxylation is 1. The molecular formula is C23H30N2O5. The number of hydrogen-bond acceptors (Lipinski definition) is 5. The van der Waals surface area contributed by atoms with Crippen LogP contribution in [-0.2, 0) is 25.5 Å². The second kappa shape index (κ2) is 9.06. The number of methoxy groups -OCH3 is 1. The standard InChI is InChI=1S/C23H30N2O5/c1-29-23(28)20-14-16-5-2-3-6-19(16)25(20)22(27)7-4-12-30-17-9-10-18-15(13-17)8-11-21(26)24-18/h9-10,13,16,19-20H,2-8,11-12,14H2,1H3,(H,24,26). The van der Waals surface area contributed by atoms with E-state index in [9.17, 15) is 14.4 Å². The number of carbonyl (C=O) groups is 3. The van der Waals surface area contributed by atoms with Crippen LogP contribution in [0.4, 0.5) is 5.69 Å². The molecule has 2 aliphatic heterocycles. The van der Waals surface area contributed by atoms with Gasteiger partial charge < -0.3 is 19.7 Å². The number of anilines is 1. The first-order valence-electron chi connectivity index (χ1n) is 11.0. The summed E-state index contributed by atoms with van der Waals surface area (Å²) in [6.45, 7) is 0.432. The fourth-order valence-corrected chi connectivity index (χ4v) is 5.16. The van der Waals surface area contributed by atoms with Gasteiger partial charge in [0.2, 0.25) is 11.8 Å². The van der Waals surface area contributed by atoms with E-state index in [0.29, 0.717) is 38.2 Å². The summed E-state index contributed by atoms with van der Waals surface area (Å²) in [6, 6.07) is 5.39. The van der Waals surface area contributed by atoms with E-state index >= 15 is 0 Å². The molecule has 0 bridgehead atoms. The number of rotatable bonds is 6. The molecule has 162 valence electrons. The zero-order valence-electron chi connectivity index (χ0n) is 17.5. The number of likely N-dealkylation sites (tertiary alicyclic amines) is 1. The monoisotopic (exact) mass is 414 g/mol. The second-order valence-corrected chi connectivity index (χ2v) is 8.51. The molecule has 1 saturated carbocycles. The van der Waals surface area contributed by atoms with E-state index in [-0.39, 0.29) is 23.8 Å². The molecule has 3 aliphatic rings. The highest BCUT2D eigenvalue weighted by Gasteiger charge is 2.47. The van der Waals surface area contributed by atoms with Crippen LogP contribution >= 0.6 is 0 Å². The number of esters is 1. The van der Waals surface area contributed by atoms with Gasteiger partial charge in [0.1, 0.15) is 11.8 Å². The third-order valence-electron chi connectivity index (χ3n) is 6.63. The van der Waals surface area contributed by atoms with Crippen molar-refractivity contribution in [3.63, 3.8) is 0 Å². The minimum absolute atomic E-state index is 0.0246. The summed E-state index contributed by atoms with van der Waals surface area (Å²) in [5.74, 6) is 0.936. The smallest absolute Gasteiger partial charge is 0.328 e. The summed E-state index contributed by atoms with van der Waals surface area (Å²) >= 11 is 0. The molecule has 1 aromatic carbocycles. The molecule has 1 aliphatic carbocycles. The van der Waals surface area contributed by atoms with Crippen molar-refractivity contribution in [1.29, 1.82) is 0 Å². The molecule has 1 saturated heterocycles. The second-order valence-electron chi connectivity index (χ2n) is 8.51. The number of hydrogen-bond donors (Lipinski definition) is 1. The molecule has 7 nitrogen and oxygen atoms in total. The highest BCUT2D eigenvalue weighted by Crippen LogP contribution is 2.40. The Balaban J connectivity index is 1.30. The van der Waals surface area contributed by atoms with Crippen LogP contribution in [0.2, 0.25) is 0 Å². The Hall–Kier alpha value is -2.57. The highest BCUT2D eigenvalue weighted by atomic mass is 16.5. The number of benzene rings is 1. The summed E-state index contributed by atoms with van der Waals surface area (Å²) in [4.78, 5) is 38.5. The third kappa shape index (κ3) is 4.30. The van der Waals surface area contributed by atoms with Crippen LogP contribution in [0.5, 0.6) is 5.75 Å². The van der Waals surface area contributed by atoms with Gasteiger partial charge in [-0.15, -0.1) is 0 Å². The van der Waals surface area contributed by atoms with Crippen molar-refractivity contribution >= 4 is 23.5 Å².